The fourth-order valence-corrected chi connectivity index (χ4v) is 3.53. The fraction of sp³-hybridized carbons (Fsp3) is 1.00. The van der Waals surface area contributed by atoms with E-state index in [2.05, 4.69) is 31.0 Å². The van der Waals surface area contributed by atoms with E-state index >= 15 is 0 Å². The first kappa shape index (κ1) is 17.2. The van der Waals surface area contributed by atoms with Gasteiger partial charge in [-0.05, 0) is 58.8 Å². The second-order valence-electron chi connectivity index (χ2n) is 7.50. The first-order chi connectivity index (χ1) is 9.99. The summed E-state index contributed by atoms with van der Waals surface area (Å²) in [4.78, 5) is 2.59. The molecule has 2 N–H and O–H groups in total. The van der Waals surface area contributed by atoms with Crippen LogP contribution in [0.2, 0.25) is 0 Å². The summed E-state index contributed by atoms with van der Waals surface area (Å²) in [7, 11) is 1.77. The van der Waals surface area contributed by atoms with Crippen LogP contribution < -0.4 is 5.32 Å². The van der Waals surface area contributed by atoms with Crippen molar-refractivity contribution in [2.45, 2.75) is 76.5 Å². The molecule has 2 saturated carbocycles. The van der Waals surface area contributed by atoms with Gasteiger partial charge in [0.2, 0.25) is 0 Å². The molecule has 0 amide bonds. The summed E-state index contributed by atoms with van der Waals surface area (Å²) >= 11 is 0. The van der Waals surface area contributed by atoms with Gasteiger partial charge in [0.25, 0.3) is 0 Å². The van der Waals surface area contributed by atoms with Crippen LogP contribution in [-0.2, 0) is 4.74 Å². The van der Waals surface area contributed by atoms with Crippen molar-refractivity contribution in [3.05, 3.63) is 0 Å². The molecule has 4 heteroatoms. The predicted octanol–water partition coefficient (Wildman–Crippen LogP) is 2.01. The van der Waals surface area contributed by atoms with Gasteiger partial charge in [-0.25, -0.2) is 0 Å². The molecule has 2 aliphatic carbocycles. The number of methoxy groups -OCH3 is 1. The van der Waals surface area contributed by atoms with Gasteiger partial charge < -0.3 is 15.2 Å². The highest BCUT2D eigenvalue weighted by Crippen LogP contribution is 2.36. The van der Waals surface area contributed by atoms with Crippen molar-refractivity contribution in [2.75, 3.05) is 26.9 Å². The summed E-state index contributed by atoms with van der Waals surface area (Å²) in [6.45, 7) is 8.81. The van der Waals surface area contributed by atoms with Crippen molar-refractivity contribution in [1.82, 2.24) is 10.2 Å². The van der Waals surface area contributed by atoms with Gasteiger partial charge in [0.1, 0.15) is 0 Å². The molecule has 3 unspecified atom stereocenters. The average molecular weight is 298 g/mol. The van der Waals surface area contributed by atoms with Gasteiger partial charge in [-0.15, -0.1) is 0 Å². The zero-order valence-corrected chi connectivity index (χ0v) is 14.3. The number of aliphatic hydroxyl groups excluding tert-OH is 1. The van der Waals surface area contributed by atoms with E-state index in [1.54, 1.807) is 7.11 Å². The molecule has 0 aromatic carbocycles. The van der Waals surface area contributed by atoms with Crippen LogP contribution in [0.4, 0.5) is 0 Å². The number of nitrogens with zero attached hydrogens (tertiary/aromatic N) is 1. The molecule has 124 valence electrons. The van der Waals surface area contributed by atoms with Gasteiger partial charge in [-0.2, -0.15) is 0 Å². The van der Waals surface area contributed by atoms with Gasteiger partial charge >= 0.3 is 0 Å². The molecule has 0 aromatic rings. The van der Waals surface area contributed by atoms with Crippen LogP contribution in [0.1, 0.15) is 52.9 Å². The van der Waals surface area contributed by atoms with Crippen LogP contribution in [0.25, 0.3) is 0 Å². The Morgan fingerprint density at radius 1 is 1.29 bits per heavy atom. The van der Waals surface area contributed by atoms with E-state index in [9.17, 15) is 5.11 Å². The fourth-order valence-electron chi connectivity index (χ4n) is 3.53. The summed E-state index contributed by atoms with van der Waals surface area (Å²) in [6, 6.07) is 1.71. The molecule has 0 saturated heterocycles. The van der Waals surface area contributed by atoms with E-state index in [4.69, 9.17) is 4.74 Å². The molecule has 0 aliphatic heterocycles. The Hall–Kier alpha value is -0.160. The Labute approximate surface area is 130 Å². The molecule has 0 heterocycles. The minimum Gasteiger partial charge on any atom is -0.394 e. The maximum atomic E-state index is 9.82. The smallest absolute Gasteiger partial charge is 0.0611 e. The highest BCUT2D eigenvalue weighted by molar-refractivity contribution is 4.96. The Morgan fingerprint density at radius 3 is 2.43 bits per heavy atom. The van der Waals surface area contributed by atoms with E-state index in [-0.39, 0.29) is 12.1 Å². The van der Waals surface area contributed by atoms with E-state index in [0.717, 1.165) is 25.5 Å². The number of rotatable bonds is 11. The summed E-state index contributed by atoms with van der Waals surface area (Å²) in [6.07, 6.45) is 6.25. The molecule has 2 aliphatic rings. The molecule has 2 rings (SSSR count). The van der Waals surface area contributed by atoms with E-state index in [1.165, 1.54) is 25.7 Å². The first-order valence-corrected chi connectivity index (χ1v) is 8.62. The molecular weight excluding hydrogens is 264 g/mol. The van der Waals surface area contributed by atoms with Crippen molar-refractivity contribution in [3.63, 3.8) is 0 Å². The Bertz CT molecular complexity index is 318. The lowest BCUT2D eigenvalue weighted by atomic mass is 9.92. The number of hydrogen-bond donors (Lipinski definition) is 2. The number of nitrogens with one attached hydrogen (secondary N) is 1. The van der Waals surface area contributed by atoms with Crippen molar-refractivity contribution in [1.29, 1.82) is 0 Å². The topological polar surface area (TPSA) is 44.7 Å². The lowest BCUT2D eigenvalue weighted by molar-refractivity contribution is 0.0593. The molecule has 4 nitrogen and oxygen atoms in total. The van der Waals surface area contributed by atoms with Crippen molar-refractivity contribution in [3.8, 4) is 0 Å². The van der Waals surface area contributed by atoms with E-state index in [0.29, 0.717) is 18.1 Å². The van der Waals surface area contributed by atoms with Gasteiger partial charge in [0.05, 0.1) is 13.2 Å². The van der Waals surface area contributed by atoms with Gasteiger partial charge in [-0.1, -0.05) is 0 Å². The maximum absolute atomic E-state index is 9.82. The van der Waals surface area contributed by atoms with E-state index < -0.39 is 0 Å². The largest absolute Gasteiger partial charge is 0.394 e. The third-order valence-corrected chi connectivity index (χ3v) is 5.17. The third kappa shape index (κ3) is 5.20. The second-order valence-corrected chi connectivity index (χ2v) is 7.50. The minimum atomic E-state index is -0.158. The molecule has 3 atom stereocenters. The van der Waals surface area contributed by atoms with Crippen LogP contribution in [0, 0.1) is 5.92 Å². The van der Waals surface area contributed by atoms with E-state index in [1.807, 2.05) is 0 Å². The molecule has 0 aromatic heterocycles. The van der Waals surface area contributed by atoms with Gasteiger partial charge in [0, 0.05) is 37.3 Å². The van der Waals surface area contributed by atoms with Crippen molar-refractivity contribution in [2.24, 2.45) is 5.92 Å². The average Bonchev–Trinajstić information content (AvgIpc) is 3.32. The summed E-state index contributed by atoms with van der Waals surface area (Å²) in [5.41, 5.74) is -0.158. The standard InChI is InChI=1S/C17H34N2O2/c1-13(11-17(3,12-20)18-16-7-8-16)19(9-10-21-4)14(2)15-5-6-15/h13-16,18,20H,5-12H2,1-4H3. The third-order valence-electron chi connectivity index (χ3n) is 5.17. The quantitative estimate of drug-likeness (QED) is 0.612. The first-order valence-electron chi connectivity index (χ1n) is 8.62. The summed E-state index contributed by atoms with van der Waals surface area (Å²) in [5.74, 6) is 0.862. The normalized spacial score (nSPS) is 24.9. The molecule has 0 bridgehead atoms. The number of ether oxygens (including phenoxy) is 1. The highest BCUT2D eigenvalue weighted by Gasteiger charge is 2.38. The molecular formula is C17H34N2O2. The molecule has 21 heavy (non-hydrogen) atoms. The molecule has 0 spiro atoms. The van der Waals surface area contributed by atoms with Gasteiger partial charge in [0.15, 0.2) is 0 Å². The molecule has 2 fully saturated rings. The summed E-state index contributed by atoms with van der Waals surface area (Å²) < 4.78 is 5.30. The van der Waals surface area contributed by atoms with Crippen LogP contribution in [0.5, 0.6) is 0 Å². The minimum absolute atomic E-state index is 0.158. The Balaban J connectivity index is 1.92. The van der Waals surface area contributed by atoms with Crippen LogP contribution in [0.3, 0.4) is 0 Å². The second kappa shape index (κ2) is 7.40. The molecule has 0 radical (unpaired) electrons. The highest BCUT2D eigenvalue weighted by atomic mass is 16.5. The van der Waals surface area contributed by atoms with Gasteiger partial charge in [-0.3, -0.25) is 4.90 Å². The lowest BCUT2D eigenvalue weighted by Gasteiger charge is -2.40. The Kier molecular flexibility index (Phi) is 6.06. The predicted molar refractivity (Wildman–Crippen MR) is 86.5 cm³/mol. The zero-order chi connectivity index (χ0) is 15.5. The van der Waals surface area contributed by atoms with Crippen LogP contribution in [0.15, 0.2) is 0 Å². The van der Waals surface area contributed by atoms with Crippen molar-refractivity contribution >= 4 is 0 Å². The monoisotopic (exact) mass is 298 g/mol. The number of hydrogen-bond acceptors (Lipinski definition) is 4. The number of aliphatic hydroxyl groups is 1. The maximum Gasteiger partial charge on any atom is 0.0611 e. The Morgan fingerprint density at radius 2 is 1.95 bits per heavy atom. The lowest BCUT2D eigenvalue weighted by Crippen LogP contribution is -2.53. The van der Waals surface area contributed by atoms with Crippen molar-refractivity contribution < 1.29 is 9.84 Å². The van der Waals surface area contributed by atoms with Crippen LogP contribution >= 0.6 is 0 Å². The van der Waals surface area contributed by atoms with Crippen LogP contribution in [-0.4, -0.2) is 60.5 Å². The summed E-state index contributed by atoms with van der Waals surface area (Å²) in [5, 5.41) is 13.5. The zero-order valence-electron chi connectivity index (χ0n) is 14.3. The SMILES string of the molecule is COCCN(C(C)CC(C)(CO)NC1CC1)C(C)C1CC1.